The molecule has 3 aromatic carbocycles. The highest BCUT2D eigenvalue weighted by Crippen LogP contribution is 2.31. The van der Waals surface area contributed by atoms with Gasteiger partial charge in [0.15, 0.2) is 0 Å². The van der Waals surface area contributed by atoms with Gasteiger partial charge < -0.3 is 20.9 Å². The van der Waals surface area contributed by atoms with Crippen LogP contribution < -0.4 is 15.8 Å². The number of aromatic carboxylic acids is 1. The van der Waals surface area contributed by atoms with Crippen LogP contribution >= 0.6 is 0 Å². The van der Waals surface area contributed by atoms with E-state index in [2.05, 4.69) is 5.32 Å². The van der Waals surface area contributed by atoms with E-state index in [0.717, 1.165) is 0 Å². The van der Waals surface area contributed by atoms with E-state index in [9.17, 15) is 19.5 Å². The number of nitrogens with two attached hydrogens (primary N) is 1. The maximum atomic E-state index is 13.1. The van der Waals surface area contributed by atoms with E-state index in [0.29, 0.717) is 22.4 Å². The average Bonchev–Trinajstić information content (AvgIpc) is 2.73. The number of amides is 1. The zero-order chi connectivity index (χ0) is 22.5. The number of carboxylic acids is 1. The molecule has 0 fully saturated rings. The molecule has 8 nitrogen and oxygen atoms in total. The normalized spacial score (nSPS) is 10.2. The van der Waals surface area contributed by atoms with Gasteiger partial charge in [-0.1, -0.05) is 18.2 Å². The Kier molecular flexibility index (Phi) is 6.11. The Bertz CT molecular complexity index is 1190. The van der Waals surface area contributed by atoms with E-state index in [1.165, 1.54) is 31.2 Å². The molecule has 0 unspecified atom stereocenters. The molecule has 0 bridgehead atoms. The molecule has 0 saturated heterocycles. The summed E-state index contributed by atoms with van der Waals surface area (Å²) < 4.78 is 5.09. The molecule has 0 aliphatic carbocycles. The number of carboxylic acid groups (broad SMARTS) is 1. The predicted molar refractivity (Wildman–Crippen MR) is 116 cm³/mol. The first-order valence-electron chi connectivity index (χ1n) is 9.17. The quantitative estimate of drug-likeness (QED) is 0.209. The zero-order valence-electron chi connectivity index (χ0n) is 16.5. The SMILES string of the molecule is CC(=O)Oc1ccc(-c2ccccc2C(=O)O)c(C(=O)Nc2ccc(C(=N)N)cc2)c1. The van der Waals surface area contributed by atoms with Crippen LogP contribution in [0.5, 0.6) is 5.75 Å². The number of anilines is 1. The van der Waals surface area contributed by atoms with Gasteiger partial charge in [0.1, 0.15) is 11.6 Å². The van der Waals surface area contributed by atoms with Gasteiger partial charge in [-0.25, -0.2) is 4.79 Å². The van der Waals surface area contributed by atoms with Crippen LogP contribution in [0.25, 0.3) is 11.1 Å². The smallest absolute Gasteiger partial charge is 0.336 e. The van der Waals surface area contributed by atoms with E-state index in [4.69, 9.17) is 15.9 Å². The zero-order valence-corrected chi connectivity index (χ0v) is 16.5. The summed E-state index contributed by atoms with van der Waals surface area (Å²) in [5.41, 5.74) is 7.27. The van der Waals surface area contributed by atoms with Crippen LogP contribution in [-0.4, -0.2) is 28.8 Å². The lowest BCUT2D eigenvalue weighted by atomic mass is 9.94. The summed E-state index contributed by atoms with van der Waals surface area (Å²) in [5, 5.41) is 19.7. The minimum absolute atomic E-state index is 0.0302. The maximum absolute atomic E-state index is 13.1. The monoisotopic (exact) mass is 417 g/mol. The van der Waals surface area contributed by atoms with Crippen LogP contribution in [0.1, 0.15) is 33.2 Å². The van der Waals surface area contributed by atoms with Crippen molar-refractivity contribution in [1.29, 1.82) is 5.41 Å². The van der Waals surface area contributed by atoms with Gasteiger partial charge in [-0.15, -0.1) is 0 Å². The lowest BCUT2D eigenvalue weighted by molar-refractivity contribution is -0.131. The van der Waals surface area contributed by atoms with Crippen molar-refractivity contribution in [1.82, 2.24) is 0 Å². The molecule has 0 radical (unpaired) electrons. The molecular formula is C23H19N3O5. The molecule has 31 heavy (non-hydrogen) atoms. The van der Waals surface area contributed by atoms with Crippen LogP contribution in [-0.2, 0) is 4.79 Å². The van der Waals surface area contributed by atoms with Crippen molar-refractivity contribution >= 4 is 29.4 Å². The molecule has 8 heteroatoms. The van der Waals surface area contributed by atoms with Crippen LogP contribution in [0.4, 0.5) is 5.69 Å². The van der Waals surface area contributed by atoms with Crippen molar-refractivity contribution in [2.75, 3.05) is 5.32 Å². The molecule has 0 spiro atoms. The Morgan fingerprint density at radius 2 is 1.58 bits per heavy atom. The van der Waals surface area contributed by atoms with E-state index in [1.807, 2.05) is 0 Å². The molecule has 0 heterocycles. The Labute approximate surface area is 177 Å². The molecule has 0 aromatic heterocycles. The number of nitrogens with one attached hydrogen (secondary N) is 2. The number of esters is 1. The summed E-state index contributed by atoms with van der Waals surface area (Å²) in [4.78, 5) is 36.1. The Balaban J connectivity index is 2.05. The standard InChI is InChI=1S/C23H19N3O5/c1-13(27)31-16-10-11-18(17-4-2-3-5-19(17)23(29)30)20(12-16)22(28)26-15-8-6-14(7-9-15)21(24)25/h2-12H,1H3,(H3,24,25)(H,26,28)(H,29,30). The highest BCUT2D eigenvalue weighted by atomic mass is 16.5. The Hall–Kier alpha value is -4.46. The van der Waals surface area contributed by atoms with Crippen LogP contribution in [0.3, 0.4) is 0 Å². The molecule has 3 rings (SSSR count). The van der Waals surface area contributed by atoms with Gasteiger partial charge in [-0.05, 0) is 59.7 Å². The van der Waals surface area contributed by atoms with Crippen LogP contribution in [0.15, 0.2) is 66.7 Å². The van der Waals surface area contributed by atoms with E-state index in [1.54, 1.807) is 42.5 Å². The minimum Gasteiger partial charge on any atom is -0.478 e. The van der Waals surface area contributed by atoms with Gasteiger partial charge in [0.25, 0.3) is 5.91 Å². The predicted octanol–water partition coefficient (Wildman–Crippen LogP) is 3.51. The van der Waals surface area contributed by atoms with Crippen molar-refractivity contribution in [3.05, 3.63) is 83.4 Å². The second-order valence-electron chi connectivity index (χ2n) is 6.60. The molecule has 5 N–H and O–H groups in total. The van der Waals surface area contributed by atoms with Gasteiger partial charge in [0.2, 0.25) is 0 Å². The molecule has 0 saturated carbocycles. The Morgan fingerprint density at radius 3 is 2.19 bits per heavy atom. The number of benzene rings is 3. The lowest BCUT2D eigenvalue weighted by Crippen LogP contribution is -2.15. The van der Waals surface area contributed by atoms with Crippen LogP contribution in [0, 0.1) is 5.41 Å². The fourth-order valence-electron chi connectivity index (χ4n) is 3.01. The van der Waals surface area contributed by atoms with Crippen molar-refractivity contribution < 1.29 is 24.2 Å². The third-order valence-electron chi connectivity index (χ3n) is 4.40. The summed E-state index contributed by atoms with van der Waals surface area (Å²) in [6, 6.07) is 17.1. The molecule has 0 aliphatic rings. The first-order valence-corrected chi connectivity index (χ1v) is 9.17. The molecule has 156 valence electrons. The number of rotatable bonds is 6. The van der Waals surface area contributed by atoms with Gasteiger partial charge >= 0.3 is 11.9 Å². The third-order valence-corrected chi connectivity index (χ3v) is 4.40. The second kappa shape index (κ2) is 8.91. The first kappa shape index (κ1) is 21.3. The van der Waals surface area contributed by atoms with Gasteiger partial charge in [-0.2, -0.15) is 0 Å². The molecule has 3 aromatic rings. The number of ether oxygens (including phenoxy) is 1. The van der Waals surface area contributed by atoms with E-state index < -0.39 is 17.8 Å². The summed E-state index contributed by atoms with van der Waals surface area (Å²) in [6.45, 7) is 1.24. The highest BCUT2D eigenvalue weighted by Gasteiger charge is 2.19. The minimum atomic E-state index is -1.13. The molecule has 0 atom stereocenters. The van der Waals surface area contributed by atoms with Gasteiger partial charge in [0.05, 0.1) is 11.1 Å². The largest absolute Gasteiger partial charge is 0.478 e. The fraction of sp³-hybridized carbons (Fsp3) is 0.0435. The summed E-state index contributed by atoms with van der Waals surface area (Å²) in [6.07, 6.45) is 0. The fourth-order valence-corrected chi connectivity index (χ4v) is 3.01. The number of amidine groups is 1. The van der Waals surface area contributed by atoms with Crippen molar-refractivity contribution in [3.8, 4) is 16.9 Å². The average molecular weight is 417 g/mol. The number of nitrogen functional groups attached to an aromatic ring is 1. The Morgan fingerprint density at radius 1 is 0.935 bits per heavy atom. The molecule has 1 amide bonds. The lowest BCUT2D eigenvalue weighted by Gasteiger charge is -2.14. The van der Waals surface area contributed by atoms with Crippen molar-refractivity contribution in [3.63, 3.8) is 0 Å². The topological polar surface area (TPSA) is 143 Å². The van der Waals surface area contributed by atoms with E-state index >= 15 is 0 Å². The summed E-state index contributed by atoms with van der Waals surface area (Å²) in [5.74, 6) is -2.16. The van der Waals surface area contributed by atoms with Crippen LogP contribution in [0.2, 0.25) is 0 Å². The third kappa shape index (κ3) is 4.94. The number of hydrogen-bond donors (Lipinski definition) is 4. The first-order chi connectivity index (χ1) is 14.8. The highest BCUT2D eigenvalue weighted by molar-refractivity contribution is 6.10. The summed E-state index contributed by atoms with van der Waals surface area (Å²) >= 11 is 0. The van der Waals surface area contributed by atoms with Crippen molar-refractivity contribution in [2.45, 2.75) is 6.92 Å². The second-order valence-corrected chi connectivity index (χ2v) is 6.60. The van der Waals surface area contributed by atoms with Gasteiger partial charge in [-0.3, -0.25) is 15.0 Å². The number of carbonyl (C=O) groups is 3. The molecular weight excluding hydrogens is 398 g/mol. The summed E-state index contributed by atoms with van der Waals surface area (Å²) in [7, 11) is 0. The number of carbonyl (C=O) groups excluding carboxylic acids is 2. The van der Waals surface area contributed by atoms with E-state index in [-0.39, 0.29) is 22.7 Å². The number of hydrogen-bond acceptors (Lipinski definition) is 5. The van der Waals surface area contributed by atoms with Gasteiger partial charge in [0, 0.05) is 18.2 Å². The van der Waals surface area contributed by atoms with Crippen molar-refractivity contribution in [2.24, 2.45) is 5.73 Å². The molecule has 0 aliphatic heterocycles. The maximum Gasteiger partial charge on any atom is 0.336 e.